The molecule has 148 valence electrons. The van der Waals surface area contributed by atoms with E-state index in [9.17, 15) is 8.42 Å². The Balaban J connectivity index is 1.95. The summed E-state index contributed by atoms with van der Waals surface area (Å²) < 4.78 is 31.5. The predicted octanol–water partition coefficient (Wildman–Crippen LogP) is 2.29. The van der Waals surface area contributed by atoms with Gasteiger partial charge in [-0.25, -0.2) is 13.1 Å². The minimum absolute atomic E-state index is 0.00276. The summed E-state index contributed by atoms with van der Waals surface area (Å²) in [5, 5.41) is 7.50. The first-order chi connectivity index (χ1) is 12.7. The van der Waals surface area contributed by atoms with Crippen LogP contribution in [0.5, 0.6) is 0 Å². The second-order valence-electron chi connectivity index (χ2n) is 7.93. The van der Waals surface area contributed by atoms with Gasteiger partial charge in [-0.2, -0.15) is 4.98 Å². The van der Waals surface area contributed by atoms with E-state index in [2.05, 4.69) is 51.4 Å². The van der Waals surface area contributed by atoms with E-state index in [0.29, 0.717) is 17.6 Å². The molecular weight excluding hydrogens is 364 g/mol. The maximum atomic E-state index is 11.7. The highest BCUT2D eigenvalue weighted by Gasteiger charge is 2.35. The standard InChI is InChI=1S/C19H28N4O3S/c1-13-5-7-14(8-6-13)16(15-9-11-20-12-10-15)17-21-18(22-26-17)19(2,3)23-27(4,24)25/h5-8,15-16,20,23H,9-12H2,1-4H3. The van der Waals surface area contributed by atoms with Crippen molar-refractivity contribution >= 4 is 10.0 Å². The van der Waals surface area contributed by atoms with Gasteiger partial charge >= 0.3 is 0 Å². The molecule has 0 bridgehead atoms. The number of sulfonamides is 1. The highest BCUT2D eigenvalue weighted by molar-refractivity contribution is 7.88. The molecule has 1 atom stereocenters. The highest BCUT2D eigenvalue weighted by atomic mass is 32.2. The maximum absolute atomic E-state index is 11.7. The molecular formula is C19H28N4O3S. The van der Waals surface area contributed by atoms with Gasteiger partial charge < -0.3 is 9.84 Å². The average molecular weight is 393 g/mol. The van der Waals surface area contributed by atoms with Crippen LogP contribution in [-0.4, -0.2) is 37.9 Å². The Hall–Kier alpha value is -1.77. The van der Waals surface area contributed by atoms with Crippen LogP contribution in [0.3, 0.4) is 0 Å². The molecule has 0 saturated carbocycles. The van der Waals surface area contributed by atoms with Crippen molar-refractivity contribution in [1.82, 2.24) is 20.2 Å². The van der Waals surface area contributed by atoms with Gasteiger partial charge in [-0.05, 0) is 58.2 Å². The Kier molecular flexibility index (Phi) is 5.69. The lowest BCUT2D eigenvalue weighted by Gasteiger charge is -2.29. The molecule has 0 amide bonds. The third-order valence-electron chi connectivity index (χ3n) is 5.00. The number of nitrogens with zero attached hydrogens (tertiary/aromatic N) is 2. The van der Waals surface area contributed by atoms with Crippen LogP contribution in [-0.2, 0) is 15.6 Å². The molecule has 1 aliphatic heterocycles. The van der Waals surface area contributed by atoms with Crippen molar-refractivity contribution in [2.45, 2.75) is 45.1 Å². The van der Waals surface area contributed by atoms with Gasteiger partial charge in [-0.1, -0.05) is 35.0 Å². The summed E-state index contributed by atoms with van der Waals surface area (Å²) in [6.07, 6.45) is 3.18. The largest absolute Gasteiger partial charge is 0.339 e. The number of hydrogen-bond acceptors (Lipinski definition) is 6. The molecule has 1 aromatic carbocycles. The molecule has 8 heteroatoms. The monoisotopic (exact) mass is 392 g/mol. The van der Waals surface area contributed by atoms with E-state index in [0.717, 1.165) is 37.8 Å². The second kappa shape index (κ2) is 7.69. The molecule has 1 aromatic heterocycles. The first-order valence-electron chi connectivity index (χ1n) is 9.26. The summed E-state index contributed by atoms with van der Waals surface area (Å²) in [7, 11) is -3.40. The van der Waals surface area contributed by atoms with Crippen LogP contribution in [0, 0.1) is 12.8 Å². The van der Waals surface area contributed by atoms with Crippen molar-refractivity contribution in [3.05, 3.63) is 47.1 Å². The molecule has 3 rings (SSSR count). The summed E-state index contributed by atoms with van der Waals surface area (Å²) >= 11 is 0. The Morgan fingerprint density at radius 2 is 1.85 bits per heavy atom. The summed E-state index contributed by atoms with van der Waals surface area (Å²) in [5.41, 5.74) is 1.41. The molecule has 1 unspecified atom stereocenters. The van der Waals surface area contributed by atoms with Crippen LogP contribution >= 0.6 is 0 Å². The summed E-state index contributed by atoms with van der Waals surface area (Å²) in [6, 6.07) is 8.42. The molecule has 1 fully saturated rings. The number of rotatable bonds is 6. The lowest BCUT2D eigenvalue weighted by atomic mass is 9.80. The number of aryl methyl sites for hydroxylation is 1. The Bertz CT molecular complexity index is 869. The Morgan fingerprint density at radius 3 is 2.44 bits per heavy atom. The zero-order valence-corrected chi connectivity index (χ0v) is 17.1. The predicted molar refractivity (Wildman–Crippen MR) is 104 cm³/mol. The van der Waals surface area contributed by atoms with E-state index < -0.39 is 15.6 Å². The SMILES string of the molecule is Cc1ccc(C(c2nc(C(C)(C)NS(C)(=O)=O)no2)C2CCNCC2)cc1. The number of piperidine rings is 1. The fourth-order valence-corrected chi connectivity index (χ4v) is 4.71. The van der Waals surface area contributed by atoms with Gasteiger partial charge in [-0.3, -0.25) is 0 Å². The van der Waals surface area contributed by atoms with Crippen molar-refractivity contribution in [3.8, 4) is 0 Å². The summed E-state index contributed by atoms with van der Waals surface area (Å²) in [5.74, 6) is 1.29. The van der Waals surface area contributed by atoms with Gasteiger partial charge in [0.25, 0.3) is 0 Å². The van der Waals surface area contributed by atoms with Crippen LogP contribution in [0.4, 0.5) is 0 Å². The number of nitrogens with one attached hydrogen (secondary N) is 2. The zero-order chi connectivity index (χ0) is 19.7. The third-order valence-corrected chi connectivity index (χ3v) is 5.88. The van der Waals surface area contributed by atoms with Crippen molar-refractivity contribution in [1.29, 1.82) is 0 Å². The quantitative estimate of drug-likeness (QED) is 0.783. The molecule has 0 spiro atoms. The minimum Gasteiger partial charge on any atom is -0.339 e. The van der Waals surface area contributed by atoms with Gasteiger partial charge in [0.15, 0.2) is 5.82 Å². The molecule has 2 aromatic rings. The van der Waals surface area contributed by atoms with Crippen molar-refractivity contribution in [2.24, 2.45) is 5.92 Å². The topological polar surface area (TPSA) is 97.1 Å². The number of hydrogen-bond donors (Lipinski definition) is 2. The first kappa shape index (κ1) is 20.0. The van der Waals surface area contributed by atoms with Crippen molar-refractivity contribution in [3.63, 3.8) is 0 Å². The van der Waals surface area contributed by atoms with Crippen LogP contribution in [0.15, 0.2) is 28.8 Å². The lowest BCUT2D eigenvalue weighted by molar-refractivity contribution is 0.280. The average Bonchev–Trinajstić information content (AvgIpc) is 3.06. The first-order valence-corrected chi connectivity index (χ1v) is 11.2. The summed E-state index contributed by atoms with van der Waals surface area (Å²) in [6.45, 7) is 7.46. The normalized spacial score (nSPS) is 17.8. The Morgan fingerprint density at radius 1 is 1.22 bits per heavy atom. The van der Waals surface area contributed by atoms with E-state index in [1.807, 2.05) is 0 Å². The fraction of sp³-hybridized carbons (Fsp3) is 0.579. The van der Waals surface area contributed by atoms with E-state index >= 15 is 0 Å². The van der Waals surface area contributed by atoms with Crippen LogP contribution in [0.1, 0.15) is 55.4 Å². The van der Waals surface area contributed by atoms with Gasteiger partial charge in [0.1, 0.15) is 0 Å². The molecule has 2 N–H and O–H groups in total. The van der Waals surface area contributed by atoms with Gasteiger partial charge in [0.2, 0.25) is 15.9 Å². The van der Waals surface area contributed by atoms with Crippen LogP contribution < -0.4 is 10.0 Å². The van der Waals surface area contributed by atoms with E-state index in [1.165, 1.54) is 5.56 Å². The zero-order valence-electron chi connectivity index (χ0n) is 16.3. The van der Waals surface area contributed by atoms with Gasteiger partial charge in [-0.15, -0.1) is 0 Å². The smallest absolute Gasteiger partial charge is 0.234 e. The molecule has 7 nitrogen and oxygen atoms in total. The number of benzene rings is 1. The molecule has 2 heterocycles. The second-order valence-corrected chi connectivity index (χ2v) is 9.68. The van der Waals surface area contributed by atoms with Crippen molar-refractivity contribution in [2.75, 3.05) is 19.3 Å². The minimum atomic E-state index is -3.40. The maximum Gasteiger partial charge on any atom is 0.234 e. The van der Waals surface area contributed by atoms with E-state index in [4.69, 9.17) is 4.52 Å². The molecule has 1 aliphatic rings. The van der Waals surface area contributed by atoms with Gasteiger partial charge in [0.05, 0.1) is 17.7 Å². The van der Waals surface area contributed by atoms with Gasteiger partial charge in [0, 0.05) is 0 Å². The Labute approximate surface area is 161 Å². The van der Waals surface area contributed by atoms with Crippen LogP contribution in [0.2, 0.25) is 0 Å². The summed E-state index contributed by atoms with van der Waals surface area (Å²) in [4.78, 5) is 4.62. The van der Waals surface area contributed by atoms with E-state index in [1.54, 1.807) is 13.8 Å². The molecule has 0 radical (unpaired) electrons. The fourth-order valence-electron chi connectivity index (χ4n) is 3.69. The van der Waals surface area contributed by atoms with Crippen LogP contribution in [0.25, 0.3) is 0 Å². The lowest BCUT2D eigenvalue weighted by Crippen LogP contribution is -2.41. The third kappa shape index (κ3) is 4.94. The molecule has 27 heavy (non-hydrogen) atoms. The van der Waals surface area contributed by atoms with E-state index in [-0.39, 0.29) is 5.92 Å². The molecule has 1 saturated heterocycles. The van der Waals surface area contributed by atoms with Crippen molar-refractivity contribution < 1.29 is 12.9 Å². The highest BCUT2D eigenvalue weighted by Crippen LogP contribution is 2.36. The molecule has 0 aliphatic carbocycles. The number of aromatic nitrogens is 2.